The molecule has 1 saturated carbocycles. The first-order chi connectivity index (χ1) is 17.1. The molecule has 0 saturated heterocycles. The molecule has 5 nitrogen and oxygen atoms in total. The maximum atomic E-state index is 12.5. The lowest BCUT2D eigenvalue weighted by Crippen LogP contribution is -2.25. The Balaban J connectivity index is 1.33. The molecule has 2 aromatic carbocycles. The Morgan fingerprint density at radius 2 is 1.34 bits per heavy atom. The minimum atomic E-state index is -0.996. The first-order valence-corrected chi connectivity index (χ1v) is 13.3. The molecule has 0 unspecified atom stereocenters. The molecule has 0 aliphatic heterocycles. The molecule has 1 fully saturated rings. The molecular weight excluding hydrogens is 440 g/mol. The third-order valence-electron chi connectivity index (χ3n) is 7.00. The molecule has 0 radical (unpaired) electrons. The highest BCUT2D eigenvalue weighted by atomic mass is 16.5. The molecule has 0 atom stereocenters. The fourth-order valence-electron chi connectivity index (χ4n) is 4.79. The van der Waals surface area contributed by atoms with Gasteiger partial charge in [-0.3, -0.25) is 4.79 Å². The fourth-order valence-corrected chi connectivity index (χ4v) is 4.79. The van der Waals surface area contributed by atoms with Crippen molar-refractivity contribution in [1.82, 2.24) is 0 Å². The number of unbranched alkanes of at least 4 members (excludes halogenated alkanes) is 7. The lowest BCUT2D eigenvalue weighted by atomic mass is 9.79. The minimum absolute atomic E-state index is 0.111. The number of rotatable bonds is 14. The van der Waals surface area contributed by atoms with E-state index in [9.17, 15) is 9.59 Å². The van der Waals surface area contributed by atoms with Crippen LogP contribution in [0.3, 0.4) is 0 Å². The summed E-state index contributed by atoms with van der Waals surface area (Å²) >= 11 is 0. The van der Waals surface area contributed by atoms with Gasteiger partial charge in [0, 0.05) is 0 Å². The van der Waals surface area contributed by atoms with Gasteiger partial charge in [-0.1, -0.05) is 64.0 Å². The summed E-state index contributed by atoms with van der Waals surface area (Å²) in [7, 11) is 0. The Morgan fingerprint density at radius 3 is 1.94 bits per heavy atom. The van der Waals surface area contributed by atoms with Crippen LogP contribution in [0.1, 0.15) is 106 Å². The van der Waals surface area contributed by atoms with Crippen molar-refractivity contribution >= 4 is 11.9 Å². The number of hydrogen-bond donors (Lipinski definition) is 1. The number of benzene rings is 2. The van der Waals surface area contributed by atoms with Crippen LogP contribution in [0.4, 0.5) is 0 Å². The summed E-state index contributed by atoms with van der Waals surface area (Å²) in [5.41, 5.74) is 1.48. The zero-order chi connectivity index (χ0) is 24.9. The average molecular weight is 481 g/mol. The number of carboxylic acids is 1. The molecule has 3 rings (SSSR count). The minimum Gasteiger partial charge on any atom is -0.494 e. The average Bonchev–Trinajstić information content (AvgIpc) is 2.88. The van der Waals surface area contributed by atoms with Gasteiger partial charge >= 0.3 is 11.9 Å². The summed E-state index contributed by atoms with van der Waals surface area (Å²) in [6, 6.07) is 14.4. The highest BCUT2D eigenvalue weighted by Gasteiger charge is 2.28. The van der Waals surface area contributed by atoms with Crippen molar-refractivity contribution in [2.45, 2.75) is 89.9 Å². The number of carbonyl (C=O) groups is 2. The molecular formula is C30H40O5. The van der Waals surface area contributed by atoms with Crippen LogP contribution < -0.4 is 9.47 Å². The summed E-state index contributed by atoms with van der Waals surface area (Å²) in [5, 5.41) is 8.98. The van der Waals surface area contributed by atoms with Gasteiger partial charge < -0.3 is 14.6 Å². The molecule has 0 heterocycles. The van der Waals surface area contributed by atoms with Gasteiger partial charge in [0.15, 0.2) is 0 Å². The molecule has 0 spiro atoms. The van der Waals surface area contributed by atoms with E-state index in [1.54, 1.807) is 0 Å². The zero-order valence-electron chi connectivity index (χ0n) is 21.0. The third-order valence-corrected chi connectivity index (χ3v) is 7.00. The molecule has 1 N–H and O–H groups in total. The van der Waals surface area contributed by atoms with Gasteiger partial charge in [0.25, 0.3) is 0 Å². The van der Waals surface area contributed by atoms with Crippen molar-refractivity contribution in [2.24, 2.45) is 5.92 Å². The fraction of sp³-hybridized carbons (Fsp3) is 0.533. The van der Waals surface area contributed by atoms with Crippen LogP contribution in [0.2, 0.25) is 0 Å². The number of ether oxygens (including phenoxy) is 2. The van der Waals surface area contributed by atoms with Crippen LogP contribution >= 0.6 is 0 Å². The summed E-state index contributed by atoms with van der Waals surface area (Å²) < 4.78 is 11.4. The Labute approximate surface area is 209 Å². The van der Waals surface area contributed by atoms with Crippen LogP contribution in [0.5, 0.6) is 11.5 Å². The van der Waals surface area contributed by atoms with Crippen molar-refractivity contribution in [1.29, 1.82) is 0 Å². The molecule has 190 valence electrons. The Hall–Kier alpha value is -2.82. The first-order valence-electron chi connectivity index (χ1n) is 13.3. The van der Waals surface area contributed by atoms with Gasteiger partial charge in [-0.05, 0) is 80.0 Å². The number of esters is 1. The summed E-state index contributed by atoms with van der Waals surface area (Å²) in [6.45, 7) is 3.03. The Kier molecular flexibility index (Phi) is 11.1. The van der Waals surface area contributed by atoms with Gasteiger partial charge in [0.05, 0.1) is 18.1 Å². The van der Waals surface area contributed by atoms with E-state index in [4.69, 9.17) is 14.6 Å². The second-order valence-corrected chi connectivity index (χ2v) is 9.69. The van der Waals surface area contributed by atoms with E-state index < -0.39 is 5.97 Å². The standard InChI is InChI=1S/C30H40O5/c1-2-3-4-5-6-7-8-9-22-34-27-18-14-24(15-19-27)23-10-12-26(13-11-23)30(33)35-28-20-16-25(17-21-28)29(31)32/h14-21,23,26H,2-13,22H2,1H3,(H,31,32)/t23-,26-. The molecule has 0 aromatic heterocycles. The number of aromatic carboxylic acids is 1. The van der Waals surface area contributed by atoms with E-state index in [1.165, 1.54) is 74.8 Å². The van der Waals surface area contributed by atoms with E-state index >= 15 is 0 Å². The summed E-state index contributed by atoms with van der Waals surface area (Å²) in [6.07, 6.45) is 13.9. The molecule has 1 aliphatic carbocycles. The number of hydrogen-bond acceptors (Lipinski definition) is 4. The maximum Gasteiger partial charge on any atom is 0.335 e. The number of carbonyl (C=O) groups excluding carboxylic acids is 1. The van der Waals surface area contributed by atoms with Crippen LogP contribution in [0, 0.1) is 5.92 Å². The molecule has 5 heteroatoms. The van der Waals surface area contributed by atoms with E-state index in [-0.39, 0.29) is 17.5 Å². The molecule has 0 amide bonds. The van der Waals surface area contributed by atoms with Crippen molar-refractivity contribution in [3.8, 4) is 11.5 Å². The van der Waals surface area contributed by atoms with Crippen LogP contribution in [-0.4, -0.2) is 23.7 Å². The lowest BCUT2D eigenvalue weighted by molar-refractivity contribution is -0.140. The van der Waals surface area contributed by atoms with E-state index in [2.05, 4.69) is 31.2 Å². The van der Waals surface area contributed by atoms with E-state index in [1.807, 2.05) is 0 Å². The molecule has 2 aromatic rings. The van der Waals surface area contributed by atoms with Gasteiger partial charge in [-0.15, -0.1) is 0 Å². The molecule has 35 heavy (non-hydrogen) atoms. The predicted molar refractivity (Wildman–Crippen MR) is 138 cm³/mol. The summed E-state index contributed by atoms with van der Waals surface area (Å²) in [5.74, 6) is 0.448. The van der Waals surface area contributed by atoms with E-state index in [0.29, 0.717) is 11.7 Å². The SMILES string of the molecule is CCCCCCCCCCOc1ccc([C@H]2CC[C@H](C(=O)Oc3ccc(C(=O)O)cc3)CC2)cc1. The lowest BCUT2D eigenvalue weighted by Gasteiger charge is -2.27. The highest BCUT2D eigenvalue weighted by Crippen LogP contribution is 2.37. The van der Waals surface area contributed by atoms with Crippen molar-refractivity contribution in [3.05, 3.63) is 59.7 Å². The number of carboxylic acid groups (broad SMARTS) is 1. The monoisotopic (exact) mass is 480 g/mol. The zero-order valence-corrected chi connectivity index (χ0v) is 21.0. The quantitative estimate of drug-likeness (QED) is 0.170. The normalized spacial score (nSPS) is 17.6. The second-order valence-electron chi connectivity index (χ2n) is 9.69. The third kappa shape index (κ3) is 9.04. The molecule has 1 aliphatic rings. The predicted octanol–water partition coefficient (Wildman–Crippen LogP) is 7.78. The first kappa shape index (κ1) is 26.8. The van der Waals surface area contributed by atoms with Gasteiger partial charge in [0.2, 0.25) is 0 Å². The Morgan fingerprint density at radius 1 is 0.771 bits per heavy atom. The van der Waals surface area contributed by atoms with Gasteiger partial charge in [-0.25, -0.2) is 4.79 Å². The van der Waals surface area contributed by atoms with Crippen molar-refractivity contribution in [3.63, 3.8) is 0 Å². The topological polar surface area (TPSA) is 72.8 Å². The van der Waals surface area contributed by atoms with E-state index in [0.717, 1.165) is 44.5 Å². The van der Waals surface area contributed by atoms with Gasteiger partial charge in [0.1, 0.15) is 11.5 Å². The summed E-state index contributed by atoms with van der Waals surface area (Å²) in [4.78, 5) is 23.5. The smallest absolute Gasteiger partial charge is 0.335 e. The van der Waals surface area contributed by atoms with Crippen LogP contribution in [-0.2, 0) is 4.79 Å². The van der Waals surface area contributed by atoms with Crippen LogP contribution in [0.25, 0.3) is 0 Å². The largest absolute Gasteiger partial charge is 0.494 e. The maximum absolute atomic E-state index is 12.5. The second kappa shape index (κ2) is 14.6. The Bertz CT molecular complexity index is 895. The van der Waals surface area contributed by atoms with Crippen LogP contribution in [0.15, 0.2) is 48.5 Å². The van der Waals surface area contributed by atoms with Gasteiger partial charge in [-0.2, -0.15) is 0 Å². The molecule has 0 bridgehead atoms. The van der Waals surface area contributed by atoms with Crippen molar-refractivity contribution < 1.29 is 24.2 Å². The van der Waals surface area contributed by atoms with Crippen molar-refractivity contribution in [2.75, 3.05) is 6.61 Å². The highest BCUT2D eigenvalue weighted by molar-refractivity contribution is 5.87.